The van der Waals surface area contributed by atoms with Crippen molar-refractivity contribution in [1.29, 1.82) is 0 Å². The Labute approximate surface area is 294 Å². The van der Waals surface area contributed by atoms with Crippen molar-refractivity contribution < 1.29 is 19.4 Å². The quantitative estimate of drug-likeness (QED) is 0.0523. The number of hydrogen-bond donors (Lipinski definition) is 1. The van der Waals surface area contributed by atoms with Crippen molar-refractivity contribution in [2.45, 2.75) is 264 Å². The Morgan fingerprint density at radius 1 is 0.383 bits per heavy atom. The molecule has 0 aromatic carbocycles. The lowest BCUT2D eigenvalue weighted by Crippen LogP contribution is -2.18. The minimum atomic E-state index is -0.708. The number of esters is 1. The molecule has 0 saturated heterocycles. The molecule has 0 fully saturated rings. The van der Waals surface area contributed by atoms with Gasteiger partial charge in [0.25, 0.3) is 0 Å². The molecule has 0 bridgehead atoms. The van der Waals surface area contributed by atoms with Gasteiger partial charge < -0.3 is 9.84 Å². The molecule has 0 spiro atoms. The van der Waals surface area contributed by atoms with Gasteiger partial charge in [0, 0.05) is 12.8 Å². The highest BCUT2D eigenvalue weighted by atomic mass is 16.5. The van der Waals surface area contributed by atoms with Crippen LogP contribution in [-0.4, -0.2) is 23.1 Å². The molecule has 1 unspecified atom stereocenters. The molecule has 0 aliphatic heterocycles. The summed E-state index contributed by atoms with van der Waals surface area (Å²) in [5.41, 5.74) is 0. The molecule has 0 saturated carbocycles. The summed E-state index contributed by atoms with van der Waals surface area (Å²) in [6, 6.07) is 0. The molecule has 0 rings (SSSR count). The van der Waals surface area contributed by atoms with E-state index in [0.29, 0.717) is 6.42 Å². The van der Waals surface area contributed by atoms with Crippen LogP contribution in [-0.2, 0) is 14.3 Å². The van der Waals surface area contributed by atoms with Gasteiger partial charge in [-0.2, -0.15) is 0 Å². The smallest absolute Gasteiger partial charge is 0.306 e. The van der Waals surface area contributed by atoms with Crippen molar-refractivity contribution in [2.24, 2.45) is 0 Å². The third-order valence-corrected chi connectivity index (χ3v) is 10.1. The standard InChI is InChI=1S/C43H84O4/c1-3-5-7-9-11-12-13-14-15-16-17-18-19-20-21-22-23-24-25-26-27-28-30-36-40-43(46)47-41(37-33-29-10-8-6-4-2)38-34-31-32-35-39-42(44)45/h41H,3-40H2,1-2H3,(H,44,45). The van der Waals surface area contributed by atoms with Gasteiger partial charge in [0.2, 0.25) is 0 Å². The molecule has 0 aliphatic carbocycles. The Hall–Kier alpha value is -1.06. The molecule has 0 aromatic rings. The van der Waals surface area contributed by atoms with E-state index in [1.54, 1.807) is 0 Å². The van der Waals surface area contributed by atoms with Crippen molar-refractivity contribution in [3.8, 4) is 0 Å². The zero-order valence-corrected chi connectivity index (χ0v) is 32.1. The van der Waals surface area contributed by atoms with Crippen molar-refractivity contribution in [2.75, 3.05) is 0 Å². The van der Waals surface area contributed by atoms with E-state index < -0.39 is 5.97 Å². The summed E-state index contributed by atoms with van der Waals surface area (Å²) in [5.74, 6) is -0.716. The van der Waals surface area contributed by atoms with Crippen LogP contribution in [0.3, 0.4) is 0 Å². The summed E-state index contributed by atoms with van der Waals surface area (Å²) in [5, 5.41) is 8.82. The fraction of sp³-hybridized carbons (Fsp3) is 0.953. The van der Waals surface area contributed by atoms with Crippen molar-refractivity contribution in [3.05, 3.63) is 0 Å². The number of carboxylic acids is 1. The minimum Gasteiger partial charge on any atom is -0.481 e. The molecule has 0 aromatic heterocycles. The van der Waals surface area contributed by atoms with E-state index in [4.69, 9.17) is 9.84 Å². The van der Waals surface area contributed by atoms with Gasteiger partial charge in [-0.1, -0.05) is 206 Å². The van der Waals surface area contributed by atoms with Crippen LogP contribution in [0.1, 0.15) is 258 Å². The van der Waals surface area contributed by atoms with E-state index in [0.717, 1.165) is 57.8 Å². The molecule has 1 atom stereocenters. The largest absolute Gasteiger partial charge is 0.481 e. The fourth-order valence-electron chi connectivity index (χ4n) is 6.89. The summed E-state index contributed by atoms with van der Waals surface area (Å²) < 4.78 is 5.94. The number of carbonyl (C=O) groups is 2. The van der Waals surface area contributed by atoms with Gasteiger partial charge in [-0.05, 0) is 38.5 Å². The lowest BCUT2D eigenvalue weighted by Gasteiger charge is -2.18. The normalized spacial score (nSPS) is 12.0. The van der Waals surface area contributed by atoms with E-state index in [2.05, 4.69) is 13.8 Å². The van der Waals surface area contributed by atoms with Gasteiger partial charge in [-0.15, -0.1) is 0 Å². The third kappa shape index (κ3) is 39.3. The second-order valence-electron chi connectivity index (χ2n) is 14.9. The first kappa shape index (κ1) is 45.9. The van der Waals surface area contributed by atoms with E-state index >= 15 is 0 Å². The van der Waals surface area contributed by atoms with Crippen LogP contribution in [0.2, 0.25) is 0 Å². The van der Waals surface area contributed by atoms with E-state index in [9.17, 15) is 9.59 Å². The molecule has 1 N–H and O–H groups in total. The first-order chi connectivity index (χ1) is 23.1. The third-order valence-electron chi connectivity index (χ3n) is 10.1. The van der Waals surface area contributed by atoms with Gasteiger partial charge in [0.1, 0.15) is 6.10 Å². The Kier molecular flexibility index (Phi) is 38.5. The zero-order valence-electron chi connectivity index (χ0n) is 32.1. The average molecular weight is 665 g/mol. The molecule has 280 valence electrons. The summed E-state index contributed by atoms with van der Waals surface area (Å²) in [7, 11) is 0. The van der Waals surface area contributed by atoms with Crippen molar-refractivity contribution in [3.63, 3.8) is 0 Å². The fourth-order valence-corrected chi connectivity index (χ4v) is 6.89. The molecule has 0 aliphatic rings. The number of aliphatic carboxylic acids is 1. The maximum absolute atomic E-state index is 12.6. The van der Waals surface area contributed by atoms with Crippen LogP contribution in [0.4, 0.5) is 0 Å². The highest BCUT2D eigenvalue weighted by Gasteiger charge is 2.14. The molecule has 0 heterocycles. The number of carbonyl (C=O) groups excluding carboxylic acids is 1. The zero-order chi connectivity index (χ0) is 34.3. The van der Waals surface area contributed by atoms with Gasteiger partial charge in [-0.25, -0.2) is 0 Å². The highest BCUT2D eigenvalue weighted by Crippen LogP contribution is 2.19. The number of ether oxygens (including phenoxy) is 1. The predicted molar refractivity (Wildman–Crippen MR) is 204 cm³/mol. The Morgan fingerprint density at radius 2 is 0.638 bits per heavy atom. The van der Waals surface area contributed by atoms with Gasteiger partial charge in [0.15, 0.2) is 0 Å². The van der Waals surface area contributed by atoms with Crippen LogP contribution in [0.25, 0.3) is 0 Å². The maximum Gasteiger partial charge on any atom is 0.306 e. The van der Waals surface area contributed by atoms with Crippen molar-refractivity contribution >= 4 is 11.9 Å². The summed E-state index contributed by atoms with van der Waals surface area (Å²) in [4.78, 5) is 23.3. The molecular weight excluding hydrogens is 580 g/mol. The summed E-state index contributed by atoms with van der Waals surface area (Å²) in [6.07, 6.45) is 47.3. The second-order valence-corrected chi connectivity index (χ2v) is 14.9. The van der Waals surface area contributed by atoms with Gasteiger partial charge >= 0.3 is 11.9 Å². The SMILES string of the molecule is CCCCCCCCCCCCCCCCCCCCCCCCCCC(=O)OC(CCCCCCCC)CCCCCCC(=O)O. The molecule has 4 heteroatoms. The number of unbranched alkanes of at least 4 members (excludes halogenated alkanes) is 31. The van der Waals surface area contributed by atoms with Crippen LogP contribution in [0.5, 0.6) is 0 Å². The molecule has 0 radical (unpaired) electrons. The topological polar surface area (TPSA) is 63.6 Å². The number of carboxylic acid groups (broad SMARTS) is 1. The maximum atomic E-state index is 12.6. The molecule has 4 nitrogen and oxygen atoms in total. The Morgan fingerprint density at radius 3 is 0.936 bits per heavy atom. The van der Waals surface area contributed by atoms with Crippen LogP contribution < -0.4 is 0 Å². The summed E-state index contributed by atoms with van der Waals surface area (Å²) in [6.45, 7) is 4.54. The summed E-state index contributed by atoms with van der Waals surface area (Å²) >= 11 is 0. The molecule has 0 amide bonds. The number of hydrogen-bond acceptors (Lipinski definition) is 3. The van der Waals surface area contributed by atoms with Gasteiger partial charge in [-0.3, -0.25) is 9.59 Å². The molecule has 47 heavy (non-hydrogen) atoms. The van der Waals surface area contributed by atoms with E-state index in [-0.39, 0.29) is 18.5 Å². The van der Waals surface area contributed by atoms with Crippen LogP contribution in [0, 0.1) is 0 Å². The van der Waals surface area contributed by atoms with Crippen LogP contribution >= 0.6 is 0 Å². The lowest BCUT2D eigenvalue weighted by molar-refractivity contribution is -0.150. The first-order valence-corrected chi connectivity index (χ1v) is 21.5. The van der Waals surface area contributed by atoms with E-state index in [1.807, 2.05) is 0 Å². The van der Waals surface area contributed by atoms with E-state index in [1.165, 1.54) is 173 Å². The lowest BCUT2D eigenvalue weighted by atomic mass is 10.0. The van der Waals surface area contributed by atoms with Gasteiger partial charge in [0.05, 0.1) is 0 Å². The van der Waals surface area contributed by atoms with Crippen molar-refractivity contribution in [1.82, 2.24) is 0 Å². The Bertz CT molecular complexity index is 633. The second kappa shape index (κ2) is 39.4. The first-order valence-electron chi connectivity index (χ1n) is 21.5. The highest BCUT2D eigenvalue weighted by molar-refractivity contribution is 5.69. The average Bonchev–Trinajstić information content (AvgIpc) is 3.06. The predicted octanol–water partition coefficient (Wildman–Crippen LogP) is 14.8. The minimum absolute atomic E-state index is 0.00865. The Balaban J connectivity index is 3.61. The number of rotatable bonds is 40. The monoisotopic (exact) mass is 665 g/mol. The molecular formula is C43H84O4. The van der Waals surface area contributed by atoms with Crippen LogP contribution in [0.15, 0.2) is 0 Å².